The molecule has 2 bridgehead atoms. The molecule has 0 aromatic heterocycles. The first kappa shape index (κ1) is 12.9. The van der Waals surface area contributed by atoms with Gasteiger partial charge in [0, 0.05) is 6.54 Å². The first-order valence-electron chi connectivity index (χ1n) is 6.16. The molecule has 7 heteroatoms. The van der Waals surface area contributed by atoms with Gasteiger partial charge in [-0.3, -0.25) is 9.80 Å². The maximum atomic E-state index is 11.2. The van der Waals surface area contributed by atoms with E-state index in [1.165, 1.54) is 9.80 Å². The average Bonchev–Trinajstić information content (AvgIpc) is 2.63. The summed E-state index contributed by atoms with van der Waals surface area (Å²) in [6, 6.07) is -1.35. The number of rotatable bonds is 2. The minimum absolute atomic E-state index is 0.153. The minimum Gasteiger partial charge on any atom is -0.465 e. The van der Waals surface area contributed by atoms with E-state index in [0.29, 0.717) is 19.3 Å². The molecule has 0 unspecified atom stereocenters. The number of likely N-dealkylation sites (tertiary alicyclic amines) is 1. The summed E-state index contributed by atoms with van der Waals surface area (Å²) in [6.07, 6.45) is -1.26. The maximum Gasteiger partial charge on any atom is 0.407 e. The van der Waals surface area contributed by atoms with E-state index in [1.807, 2.05) is 0 Å². The van der Waals surface area contributed by atoms with Crippen LogP contribution in [0.4, 0.5) is 9.59 Å². The lowest BCUT2D eigenvalue weighted by molar-refractivity contribution is -0.0291. The van der Waals surface area contributed by atoms with Crippen LogP contribution < -0.4 is 0 Å². The lowest BCUT2D eigenvalue weighted by Gasteiger charge is -2.46. The molecule has 4 atom stereocenters. The predicted molar refractivity (Wildman–Crippen MR) is 61.5 cm³/mol. The van der Waals surface area contributed by atoms with Crippen LogP contribution in [0.3, 0.4) is 0 Å². The molecule has 2 saturated heterocycles. The van der Waals surface area contributed by atoms with Gasteiger partial charge < -0.3 is 15.3 Å². The van der Waals surface area contributed by atoms with Crippen molar-refractivity contribution in [2.24, 2.45) is 0 Å². The van der Waals surface area contributed by atoms with Crippen LogP contribution in [0.25, 0.3) is 0 Å². The molecular formula is C11H18N2O5. The van der Waals surface area contributed by atoms with Crippen molar-refractivity contribution in [3.05, 3.63) is 0 Å². The van der Waals surface area contributed by atoms with Gasteiger partial charge >= 0.3 is 12.2 Å². The Morgan fingerprint density at radius 1 is 1.28 bits per heavy atom. The number of carbonyl (C=O) groups is 2. The van der Waals surface area contributed by atoms with Gasteiger partial charge in [0.05, 0.1) is 24.2 Å². The first-order chi connectivity index (χ1) is 8.47. The molecule has 2 amide bonds. The number of amides is 2. The second-order valence-electron chi connectivity index (χ2n) is 4.89. The highest BCUT2D eigenvalue weighted by molar-refractivity contribution is 5.70. The van der Waals surface area contributed by atoms with Gasteiger partial charge in [0.15, 0.2) is 0 Å². The Labute approximate surface area is 105 Å². The standard InChI is InChI=1S/C11H18N2O5/c1-2-8(14)9-7-4-3-6(13(7)11(17)18)5-12(9)10(15)16/h6-9,14H,2-5H2,1H3,(H,15,16)(H,17,18)/t6-,7+,8+,9+/m1/s1. The predicted octanol–water partition coefficient (Wildman–Crippen LogP) is 0.630. The molecule has 2 aliphatic rings. The fraction of sp³-hybridized carbons (Fsp3) is 0.818. The monoisotopic (exact) mass is 258 g/mol. The SMILES string of the molecule is CC[C@H](O)[C@@H]1[C@@H]2CC[C@H](CN1C(=O)O)N2C(=O)O. The Balaban J connectivity index is 2.30. The number of fused-ring (bicyclic) bond motifs is 2. The minimum atomic E-state index is -1.09. The Hall–Kier alpha value is -1.50. The molecular weight excluding hydrogens is 240 g/mol. The lowest BCUT2D eigenvalue weighted by atomic mass is 9.96. The molecule has 0 aromatic rings. The number of hydrogen-bond donors (Lipinski definition) is 3. The van der Waals surface area contributed by atoms with E-state index in [1.54, 1.807) is 6.92 Å². The lowest BCUT2D eigenvalue weighted by Crippen LogP contribution is -2.65. The first-order valence-corrected chi connectivity index (χ1v) is 6.16. The van der Waals surface area contributed by atoms with Crippen LogP contribution in [0.2, 0.25) is 0 Å². The molecule has 7 nitrogen and oxygen atoms in total. The zero-order valence-corrected chi connectivity index (χ0v) is 10.2. The topological polar surface area (TPSA) is 101 Å². The van der Waals surface area contributed by atoms with Gasteiger partial charge in [0.25, 0.3) is 0 Å². The number of carboxylic acid groups (broad SMARTS) is 2. The van der Waals surface area contributed by atoms with Gasteiger partial charge in [-0.25, -0.2) is 9.59 Å². The Kier molecular flexibility index (Phi) is 3.34. The number of hydrogen-bond acceptors (Lipinski definition) is 3. The summed E-state index contributed by atoms with van der Waals surface area (Å²) in [5.74, 6) is 0. The van der Waals surface area contributed by atoms with Gasteiger partial charge in [-0.05, 0) is 19.3 Å². The van der Waals surface area contributed by atoms with E-state index in [4.69, 9.17) is 0 Å². The van der Waals surface area contributed by atoms with E-state index < -0.39 is 30.4 Å². The Bertz CT molecular complexity index is 361. The highest BCUT2D eigenvalue weighted by Crippen LogP contribution is 2.36. The molecule has 3 N–H and O–H groups in total. The molecule has 2 heterocycles. The maximum absolute atomic E-state index is 11.2. The number of aliphatic hydroxyl groups excluding tert-OH is 1. The van der Waals surface area contributed by atoms with Crippen LogP contribution in [0.15, 0.2) is 0 Å². The quantitative estimate of drug-likeness (QED) is 0.674. The smallest absolute Gasteiger partial charge is 0.407 e. The summed E-state index contributed by atoms with van der Waals surface area (Å²) in [5, 5.41) is 28.4. The van der Waals surface area contributed by atoms with Crippen molar-refractivity contribution in [1.29, 1.82) is 0 Å². The summed E-state index contributed by atoms with van der Waals surface area (Å²) in [5.41, 5.74) is 0. The van der Waals surface area contributed by atoms with Gasteiger partial charge in [-0.2, -0.15) is 0 Å². The van der Waals surface area contributed by atoms with Crippen LogP contribution >= 0.6 is 0 Å². The summed E-state index contributed by atoms with van der Waals surface area (Å²) in [7, 11) is 0. The summed E-state index contributed by atoms with van der Waals surface area (Å²) >= 11 is 0. The molecule has 0 aromatic carbocycles. The van der Waals surface area contributed by atoms with Crippen LogP contribution in [0.1, 0.15) is 26.2 Å². The van der Waals surface area contributed by atoms with Crippen LogP contribution in [0, 0.1) is 0 Å². The summed E-state index contributed by atoms with van der Waals surface area (Å²) < 4.78 is 0. The van der Waals surface area contributed by atoms with E-state index in [-0.39, 0.29) is 12.6 Å². The molecule has 0 spiro atoms. The largest absolute Gasteiger partial charge is 0.465 e. The van der Waals surface area contributed by atoms with Crippen molar-refractivity contribution < 1.29 is 24.9 Å². The van der Waals surface area contributed by atoms with Crippen LogP contribution in [-0.2, 0) is 0 Å². The van der Waals surface area contributed by atoms with Crippen molar-refractivity contribution in [3.8, 4) is 0 Å². The molecule has 18 heavy (non-hydrogen) atoms. The van der Waals surface area contributed by atoms with Crippen molar-refractivity contribution >= 4 is 12.2 Å². The molecule has 2 aliphatic heterocycles. The van der Waals surface area contributed by atoms with Gasteiger partial charge in [0.2, 0.25) is 0 Å². The van der Waals surface area contributed by atoms with E-state index in [9.17, 15) is 24.9 Å². The Morgan fingerprint density at radius 2 is 1.94 bits per heavy atom. The third-order valence-corrected chi connectivity index (χ3v) is 3.99. The van der Waals surface area contributed by atoms with Crippen molar-refractivity contribution in [1.82, 2.24) is 9.80 Å². The number of piperazine rings is 1. The van der Waals surface area contributed by atoms with E-state index >= 15 is 0 Å². The second-order valence-corrected chi connectivity index (χ2v) is 4.89. The molecule has 0 radical (unpaired) electrons. The second kappa shape index (κ2) is 4.64. The van der Waals surface area contributed by atoms with Crippen LogP contribution in [-0.4, -0.2) is 68.1 Å². The Morgan fingerprint density at radius 3 is 2.44 bits per heavy atom. The molecule has 2 rings (SSSR count). The normalized spacial score (nSPS) is 32.4. The van der Waals surface area contributed by atoms with E-state index in [0.717, 1.165) is 0 Å². The summed E-state index contributed by atoms with van der Waals surface area (Å²) in [4.78, 5) is 25.0. The van der Waals surface area contributed by atoms with Crippen molar-refractivity contribution in [2.75, 3.05) is 6.54 Å². The van der Waals surface area contributed by atoms with Gasteiger partial charge in [0.1, 0.15) is 0 Å². The van der Waals surface area contributed by atoms with Crippen LogP contribution in [0.5, 0.6) is 0 Å². The molecule has 0 saturated carbocycles. The summed E-state index contributed by atoms with van der Waals surface area (Å²) in [6.45, 7) is 1.91. The third kappa shape index (κ3) is 1.88. The van der Waals surface area contributed by atoms with Crippen molar-refractivity contribution in [2.45, 2.75) is 50.4 Å². The zero-order valence-electron chi connectivity index (χ0n) is 10.2. The average molecular weight is 258 g/mol. The molecule has 0 aliphatic carbocycles. The van der Waals surface area contributed by atoms with Gasteiger partial charge in [-0.1, -0.05) is 6.92 Å². The molecule has 102 valence electrons. The number of aliphatic hydroxyl groups is 1. The fourth-order valence-corrected chi connectivity index (χ4v) is 3.19. The highest BCUT2D eigenvalue weighted by Gasteiger charge is 2.51. The number of nitrogens with zero attached hydrogens (tertiary/aromatic N) is 2. The zero-order chi connectivity index (χ0) is 13.4. The molecule has 2 fully saturated rings. The van der Waals surface area contributed by atoms with E-state index in [2.05, 4.69) is 0 Å². The van der Waals surface area contributed by atoms with Crippen molar-refractivity contribution in [3.63, 3.8) is 0 Å². The fourth-order valence-electron chi connectivity index (χ4n) is 3.19. The third-order valence-electron chi connectivity index (χ3n) is 3.99. The highest BCUT2D eigenvalue weighted by atomic mass is 16.4. The van der Waals surface area contributed by atoms with Gasteiger partial charge in [-0.15, -0.1) is 0 Å².